The maximum absolute atomic E-state index is 14.1. The zero-order chi connectivity index (χ0) is 21.1. The number of benzene rings is 2. The summed E-state index contributed by atoms with van der Waals surface area (Å²) in [6.45, 7) is 0.978. The summed E-state index contributed by atoms with van der Waals surface area (Å²) in [5, 5.41) is 2.94. The molecule has 2 aliphatic rings. The van der Waals surface area contributed by atoms with E-state index in [0.29, 0.717) is 24.3 Å². The lowest BCUT2D eigenvalue weighted by Gasteiger charge is -2.50. The van der Waals surface area contributed by atoms with Crippen LogP contribution in [-0.4, -0.2) is 42.5 Å². The van der Waals surface area contributed by atoms with Crippen molar-refractivity contribution >= 4 is 11.8 Å². The van der Waals surface area contributed by atoms with Gasteiger partial charge in [0.25, 0.3) is 5.91 Å². The number of carbonyl (C=O) groups excluding carboxylic acids is 2. The van der Waals surface area contributed by atoms with Gasteiger partial charge in [0.2, 0.25) is 5.91 Å². The highest BCUT2D eigenvalue weighted by Gasteiger charge is 2.55. The fourth-order valence-electron chi connectivity index (χ4n) is 5.10. The van der Waals surface area contributed by atoms with Crippen molar-refractivity contribution in [2.24, 2.45) is 0 Å². The van der Waals surface area contributed by atoms with E-state index in [-0.39, 0.29) is 24.2 Å². The van der Waals surface area contributed by atoms with Gasteiger partial charge in [0.05, 0.1) is 18.1 Å². The first kappa shape index (κ1) is 20.5. The molecular weight excluding hydrogens is 383 g/mol. The van der Waals surface area contributed by atoms with Crippen LogP contribution in [-0.2, 0) is 16.1 Å². The number of methoxy groups -OCH3 is 1. The number of amides is 2. The molecule has 1 saturated carbocycles. The molecule has 158 valence electrons. The molecule has 1 aliphatic carbocycles. The van der Waals surface area contributed by atoms with Crippen LogP contribution >= 0.6 is 0 Å². The van der Waals surface area contributed by atoms with E-state index in [9.17, 15) is 14.0 Å². The van der Waals surface area contributed by atoms with Gasteiger partial charge in [0.15, 0.2) is 0 Å². The van der Waals surface area contributed by atoms with E-state index in [1.807, 2.05) is 23.1 Å². The van der Waals surface area contributed by atoms with Crippen LogP contribution in [0.3, 0.4) is 0 Å². The summed E-state index contributed by atoms with van der Waals surface area (Å²) in [4.78, 5) is 28.8. The summed E-state index contributed by atoms with van der Waals surface area (Å²) >= 11 is 0. The predicted octanol–water partition coefficient (Wildman–Crippen LogP) is 3.64. The number of hydrogen-bond acceptors (Lipinski definition) is 3. The van der Waals surface area contributed by atoms with Crippen molar-refractivity contribution in [3.05, 3.63) is 71.0 Å². The molecule has 2 aromatic rings. The van der Waals surface area contributed by atoms with Gasteiger partial charge >= 0.3 is 0 Å². The first-order chi connectivity index (χ1) is 14.6. The van der Waals surface area contributed by atoms with Crippen LogP contribution in [0.1, 0.15) is 53.1 Å². The van der Waals surface area contributed by atoms with E-state index in [1.54, 1.807) is 31.4 Å². The molecule has 1 aliphatic heterocycles. The Morgan fingerprint density at radius 2 is 1.87 bits per heavy atom. The number of halogens is 1. The largest absolute Gasteiger partial charge is 0.383 e. The van der Waals surface area contributed by atoms with Gasteiger partial charge in [-0.05, 0) is 30.5 Å². The Kier molecular flexibility index (Phi) is 5.86. The zero-order valence-electron chi connectivity index (χ0n) is 17.2. The first-order valence-electron chi connectivity index (χ1n) is 10.5. The van der Waals surface area contributed by atoms with Crippen LogP contribution in [0.4, 0.5) is 4.39 Å². The number of nitrogens with one attached hydrogen (secondary N) is 1. The quantitative estimate of drug-likeness (QED) is 0.791. The molecule has 0 unspecified atom stereocenters. The van der Waals surface area contributed by atoms with Crippen molar-refractivity contribution < 1.29 is 18.7 Å². The summed E-state index contributed by atoms with van der Waals surface area (Å²) in [7, 11) is 1.61. The van der Waals surface area contributed by atoms with Gasteiger partial charge in [-0.15, -0.1) is 0 Å². The second-order valence-electron chi connectivity index (χ2n) is 8.09. The van der Waals surface area contributed by atoms with Gasteiger partial charge in [-0.2, -0.15) is 0 Å². The van der Waals surface area contributed by atoms with Crippen LogP contribution in [0.5, 0.6) is 0 Å². The molecule has 1 spiro atoms. The minimum absolute atomic E-state index is 0.0392. The van der Waals surface area contributed by atoms with Crippen molar-refractivity contribution in [2.75, 3.05) is 20.3 Å². The Morgan fingerprint density at radius 1 is 1.17 bits per heavy atom. The average molecular weight is 410 g/mol. The number of rotatable bonds is 6. The third kappa shape index (κ3) is 3.49. The fourth-order valence-corrected chi connectivity index (χ4v) is 5.10. The molecule has 1 fully saturated rings. The molecule has 5 nitrogen and oxygen atoms in total. The molecule has 1 heterocycles. The minimum atomic E-state index is -0.566. The van der Waals surface area contributed by atoms with Crippen LogP contribution in [0.25, 0.3) is 0 Å². The molecule has 1 N–H and O–H groups in total. The lowest BCUT2D eigenvalue weighted by molar-refractivity contribution is -0.126. The third-order valence-corrected chi connectivity index (χ3v) is 6.48. The maximum Gasteiger partial charge on any atom is 0.254 e. The van der Waals surface area contributed by atoms with Crippen molar-refractivity contribution in [1.82, 2.24) is 10.2 Å². The predicted molar refractivity (Wildman–Crippen MR) is 112 cm³/mol. The fraction of sp³-hybridized carbons (Fsp3) is 0.417. The molecule has 0 saturated heterocycles. The smallest absolute Gasteiger partial charge is 0.254 e. The van der Waals surface area contributed by atoms with Gasteiger partial charge in [-0.25, -0.2) is 4.39 Å². The van der Waals surface area contributed by atoms with Crippen LogP contribution in [0.2, 0.25) is 0 Å². The number of fused-ring (bicyclic) bond motifs is 1. The highest BCUT2D eigenvalue weighted by atomic mass is 19.1. The lowest BCUT2D eigenvalue weighted by atomic mass is 9.71. The van der Waals surface area contributed by atoms with E-state index in [4.69, 9.17) is 4.74 Å². The zero-order valence-corrected chi connectivity index (χ0v) is 17.2. The monoisotopic (exact) mass is 410 g/mol. The van der Waals surface area contributed by atoms with Gasteiger partial charge in [0.1, 0.15) is 5.82 Å². The van der Waals surface area contributed by atoms with E-state index >= 15 is 0 Å². The molecule has 30 heavy (non-hydrogen) atoms. The van der Waals surface area contributed by atoms with Gasteiger partial charge in [-0.1, -0.05) is 49.2 Å². The summed E-state index contributed by atoms with van der Waals surface area (Å²) in [6, 6.07) is 13.8. The van der Waals surface area contributed by atoms with E-state index < -0.39 is 11.5 Å². The van der Waals surface area contributed by atoms with E-state index in [0.717, 1.165) is 31.2 Å². The van der Waals surface area contributed by atoms with E-state index in [2.05, 4.69) is 5.32 Å². The number of carbonyl (C=O) groups is 2. The van der Waals surface area contributed by atoms with E-state index in [1.165, 1.54) is 6.07 Å². The Morgan fingerprint density at radius 3 is 2.60 bits per heavy atom. The number of hydrogen-bond donors (Lipinski definition) is 1. The Bertz CT molecular complexity index is 940. The Balaban J connectivity index is 1.71. The van der Waals surface area contributed by atoms with Gasteiger partial charge in [0, 0.05) is 31.3 Å². The SMILES string of the molecule is COCCN1C(=O)c2ccccc2[C@H](C(=O)NCc2ccccc2F)C12CCCC2. The standard InChI is InChI=1S/C24H27FN2O3/c1-30-15-14-27-23(29)19-10-4-3-9-18(19)21(24(27)12-6-7-13-24)22(28)26-16-17-8-2-5-11-20(17)25/h2-5,8-11,21H,6-7,12-16H2,1H3,(H,26,28)/t21-/m1/s1. The van der Waals surface area contributed by atoms with Crippen molar-refractivity contribution in [2.45, 2.75) is 43.7 Å². The maximum atomic E-state index is 14.1. The van der Waals surface area contributed by atoms with Crippen molar-refractivity contribution in [1.29, 1.82) is 0 Å². The second kappa shape index (κ2) is 8.56. The molecule has 0 radical (unpaired) electrons. The first-order valence-corrected chi connectivity index (χ1v) is 10.5. The number of ether oxygens (including phenoxy) is 1. The molecule has 2 amide bonds. The lowest BCUT2D eigenvalue weighted by Crippen LogP contribution is -2.61. The third-order valence-electron chi connectivity index (χ3n) is 6.48. The molecule has 6 heteroatoms. The summed E-state index contributed by atoms with van der Waals surface area (Å²) in [5.41, 5.74) is 1.22. The summed E-state index contributed by atoms with van der Waals surface area (Å²) < 4.78 is 19.3. The highest BCUT2D eigenvalue weighted by molar-refractivity contribution is 6.02. The summed E-state index contributed by atoms with van der Waals surface area (Å²) in [5.74, 6) is -1.03. The second-order valence-corrected chi connectivity index (χ2v) is 8.09. The molecular formula is C24H27FN2O3. The normalized spacial score (nSPS) is 19.7. The molecule has 0 bridgehead atoms. The highest BCUT2D eigenvalue weighted by Crippen LogP contribution is 2.50. The van der Waals surface area contributed by atoms with Crippen molar-refractivity contribution in [3.63, 3.8) is 0 Å². The van der Waals surface area contributed by atoms with Crippen LogP contribution in [0, 0.1) is 5.82 Å². The molecule has 2 aromatic carbocycles. The molecule has 0 aromatic heterocycles. The Labute approximate surface area is 176 Å². The van der Waals surface area contributed by atoms with Crippen LogP contribution < -0.4 is 5.32 Å². The average Bonchev–Trinajstić information content (AvgIpc) is 3.23. The Hall–Kier alpha value is -2.73. The number of nitrogens with zero attached hydrogens (tertiary/aromatic N) is 1. The van der Waals surface area contributed by atoms with Gasteiger partial charge in [-0.3, -0.25) is 9.59 Å². The van der Waals surface area contributed by atoms with Gasteiger partial charge < -0.3 is 15.0 Å². The van der Waals surface area contributed by atoms with Crippen molar-refractivity contribution in [3.8, 4) is 0 Å². The topological polar surface area (TPSA) is 58.6 Å². The van der Waals surface area contributed by atoms with Crippen LogP contribution in [0.15, 0.2) is 48.5 Å². The molecule has 4 rings (SSSR count). The summed E-state index contributed by atoms with van der Waals surface area (Å²) in [6.07, 6.45) is 3.48. The minimum Gasteiger partial charge on any atom is -0.383 e. The molecule has 1 atom stereocenters.